The molecular formula is C11H12BrNO. The monoisotopic (exact) mass is 253 g/mol. The largest absolute Gasteiger partial charge is 0.353 e. The first-order valence-electron chi connectivity index (χ1n) is 4.69. The first-order chi connectivity index (χ1) is 6.65. The van der Waals surface area contributed by atoms with Crippen LogP contribution in [0.2, 0.25) is 0 Å². The van der Waals surface area contributed by atoms with Gasteiger partial charge in [0, 0.05) is 17.4 Å². The first kappa shape index (κ1) is 9.71. The van der Waals surface area contributed by atoms with Crippen molar-refractivity contribution in [2.24, 2.45) is 0 Å². The molecule has 0 spiro atoms. The van der Waals surface area contributed by atoms with Crippen molar-refractivity contribution in [3.05, 3.63) is 33.8 Å². The fraction of sp³-hybridized carbons (Fsp3) is 0.364. The summed E-state index contributed by atoms with van der Waals surface area (Å²) in [4.78, 5) is 10.9. The molecule has 0 bridgehead atoms. The Morgan fingerprint density at radius 1 is 1.43 bits per heavy atom. The minimum atomic E-state index is 0.0573. The van der Waals surface area contributed by atoms with Crippen molar-refractivity contribution >= 4 is 21.8 Å². The molecule has 0 fully saturated rings. The van der Waals surface area contributed by atoms with Crippen LogP contribution in [0, 0.1) is 0 Å². The van der Waals surface area contributed by atoms with Crippen LogP contribution in [0.25, 0.3) is 0 Å². The molecule has 1 aliphatic rings. The van der Waals surface area contributed by atoms with Crippen molar-refractivity contribution in [3.63, 3.8) is 0 Å². The van der Waals surface area contributed by atoms with Gasteiger partial charge >= 0.3 is 0 Å². The van der Waals surface area contributed by atoms with Gasteiger partial charge in [-0.1, -0.05) is 22.0 Å². The predicted octanol–water partition coefficient (Wildman–Crippen LogP) is 2.05. The van der Waals surface area contributed by atoms with Gasteiger partial charge in [0.1, 0.15) is 0 Å². The number of fused-ring (bicyclic) bond motifs is 1. The van der Waals surface area contributed by atoms with E-state index in [1.165, 1.54) is 11.1 Å². The number of amides is 1. The van der Waals surface area contributed by atoms with Crippen molar-refractivity contribution in [3.8, 4) is 0 Å². The zero-order valence-corrected chi connectivity index (χ0v) is 9.60. The van der Waals surface area contributed by atoms with Gasteiger partial charge in [-0.3, -0.25) is 4.79 Å². The van der Waals surface area contributed by atoms with Crippen LogP contribution in [-0.2, 0) is 17.6 Å². The van der Waals surface area contributed by atoms with Crippen LogP contribution >= 0.6 is 15.9 Å². The Labute approximate surface area is 91.8 Å². The molecule has 2 nitrogen and oxygen atoms in total. The van der Waals surface area contributed by atoms with Gasteiger partial charge in [0.25, 0.3) is 0 Å². The summed E-state index contributed by atoms with van der Waals surface area (Å²) in [7, 11) is 0. The van der Waals surface area contributed by atoms with Gasteiger partial charge < -0.3 is 5.32 Å². The summed E-state index contributed by atoms with van der Waals surface area (Å²) in [5, 5.41) is 2.95. The highest BCUT2D eigenvalue weighted by Crippen LogP contribution is 2.25. The Morgan fingerprint density at radius 3 is 2.86 bits per heavy atom. The summed E-state index contributed by atoms with van der Waals surface area (Å²) in [6.45, 7) is 1.57. The summed E-state index contributed by atoms with van der Waals surface area (Å²) in [5.41, 5.74) is 2.70. The number of hydrogen-bond acceptors (Lipinski definition) is 1. The molecule has 0 saturated carbocycles. The second-order valence-corrected chi connectivity index (χ2v) is 4.63. The summed E-state index contributed by atoms with van der Waals surface area (Å²) in [6, 6.07) is 6.60. The van der Waals surface area contributed by atoms with Crippen molar-refractivity contribution in [1.29, 1.82) is 0 Å². The summed E-state index contributed by atoms with van der Waals surface area (Å²) in [5.74, 6) is 0.0573. The van der Waals surface area contributed by atoms with Crippen LogP contribution in [0.5, 0.6) is 0 Å². The number of carbonyl (C=O) groups excluding carboxylic acids is 1. The Kier molecular flexibility index (Phi) is 2.59. The van der Waals surface area contributed by atoms with Gasteiger partial charge in [-0.25, -0.2) is 0 Å². The molecule has 3 heteroatoms. The van der Waals surface area contributed by atoms with E-state index < -0.39 is 0 Å². The lowest BCUT2D eigenvalue weighted by molar-refractivity contribution is -0.119. The third kappa shape index (κ3) is 1.98. The van der Waals surface area contributed by atoms with Crippen LogP contribution in [0.15, 0.2) is 22.7 Å². The lowest BCUT2D eigenvalue weighted by atomic mass is 10.1. The molecule has 1 amide bonds. The first-order valence-corrected chi connectivity index (χ1v) is 5.49. The predicted molar refractivity (Wildman–Crippen MR) is 59.2 cm³/mol. The average Bonchev–Trinajstić information content (AvgIpc) is 2.44. The van der Waals surface area contributed by atoms with Gasteiger partial charge in [-0.2, -0.15) is 0 Å². The molecule has 1 aromatic carbocycles. The molecule has 0 radical (unpaired) electrons. The molecule has 1 aromatic rings. The van der Waals surface area contributed by atoms with E-state index in [2.05, 4.69) is 39.4 Å². The van der Waals surface area contributed by atoms with Gasteiger partial charge in [0.15, 0.2) is 0 Å². The second kappa shape index (κ2) is 3.73. The smallest absolute Gasteiger partial charge is 0.217 e. The van der Waals surface area contributed by atoms with Crippen LogP contribution < -0.4 is 5.32 Å². The molecule has 1 atom stereocenters. The fourth-order valence-corrected chi connectivity index (χ4v) is 2.38. The summed E-state index contributed by atoms with van der Waals surface area (Å²) in [6.07, 6.45) is 1.91. The average molecular weight is 254 g/mol. The summed E-state index contributed by atoms with van der Waals surface area (Å²) >= 11 is 3.45. The number of benzene rings is 1. The van der Waals surface area contributed by atoms with Crippen LogP contribution in [0.4, 0.5) is 0 Å². The van der Waals surface area contributed by atoms with Crippen molar-refractivity contribution < 1.29 is 4.79 Å². The Morgan fingerprint density at radius 2 is 2.14 bits per heavy atom. The SMILES string of the molecule is CC(=O)NC1Cc2ccc(Br)cc2C1. The maximum Gasteiger partial charge on any atom is 0.217 e. The molecule has 0 aliphatic heterocycles. The molecule has 2 rings (SSSR count). The number of hydrogen-bond donors (Lipinski definition) is 1. The highest BCUT2D eigenvalue weighted by molar-refractivity contribution is 9.10. The van der Waals surface area contributed by atoms with E-state index in [1.54, 1.807) is 6.92 Å². The maximum atomic E-state index is 10.9. The van der Waals surface area contributed by atoms with E-state index in [0.717, 1.165) is 17.3 Å². The van der Waals surface area contributed by atoms with Gasteiger partial charge in [-0.05, 0) is 36.1 Å². The van der Waals surface area contributed by atoms with Gasteiger partial charge in [0.2, 0.25) is 5.91 Å². The van der Waals surface area contributed by atoms with Crippen molar-refractivity contribution in [1.82, 2.24) is 5.32 Å². The van der Waals surface area contributed by atoms with E-state index in [0.29, 0.717) is 0 Å². The Hall–Kier alpha value is -0.830. The molecule has 1 unspecified atom stereocenters. The minimum absolute atomic E-state index is 0.0573. The molecule has 74 valence electrons. The molecule has 1 aliphatic carbocycles. The van der Waals surface area contributed by atoms with Crippen molar-refractivity contribution in [2.75, 3.05) is 0 Å². The molecule has 0 aromatic heterocycles. The van der Waals surface area contributed by atoms with E-state index in [-0.39, 0.29) is 11.9 Å². The molecule has 14 heavy (non-hydrogen) atoms. The quantitative estimate of drug-likeness (QED) is 0.816. The zero-order valence-electron chi connectivity index (χ0n) is 8.01. The Balaban J connectivity index is 2.14. The number of halogens is 1. The van der Waals surface area contributed by atoms with E-state index in [1.807, 2.05) is 0 Å². The lowest BCUT2D eigenvalue weighted by Crippen LogP contribution is -2.33. The molecule has 0 heterocycles. The minimum Gasteiger partial charge on any atom is -0.353 e. The molecule has 1 N–H and O–H groups in total. The Bertz CT molecular complexity index is 376. The van der Waals surface area contributed by atoms with Crippen LogP contribution in [0.3, 0.4) is 0 Å². The summed E-state index contributed by atoms with van der Waals surface area (Å²) < 4.78 is 1.11. The topological polar surface area (TPSA) is 29.1 Å². The third-order valence-electron chi connectivity index (χ3n) is 2.51. The second-order valence-electron chi connectivity index (χ2n) is 3.72. The fourth-order valence-electron chi connectivity index (χ4n) is 1.98. The highest BCUT2D eigenvalue weighted by atomic mass is 79.9. The highest BCUT2D eigenvalue weighted by Gasteiger charge is 2.21. The number of carbonyl (C=O) groups is 1. The maximum absolute atomic E-state index is 10.9. The zero-order chi connectivity index (χ0) is 10.1. The van der Waals surface area contributed by atoms with E-state index in [4.69, 9.17) is 0 Å². The third-order valence-corrected chi connectivity index (χ3v) is 3.00. The van der Waals surface area contributed by atoms with Gasteiger partial charge in [-0.15, -0.1) is 0 Å². The van der Waals surface area contributed by atoms with E-state index in [9.17, 15) is 4.79 Å². The van der Waals surface area contributed by atoms with Crippen LogP contribution in [0.1, 0.15) is 18.1 Å². The molecular weight excluding hydrogens is 242 g/mol. The van der Waals surface area contributed by atoms with Crippen LogP contribution in [-0.4, -0.2) is 11.9 Å². The van der Waals surface area contributed by atoms with E-state index >= 15 is 0 Å². The number of rotatable bonds is 1. The normalized spacial score (nSPS) is 19.1. The molecule has 0 saturated heterocycles. The standard InChI is InChI=1S/C11H12BrNO/c1-7(14)13-11-5-8-2-3-10(12)4-9(8)6-11/h2-4,11H,5-6H2,1H3,(H,13,14). The van der Waals surface area contributed by atoms with Gasteiger partial charge in [0.05, 0.1) is 0 Å². The van der Waals surface area contributed by atoms with Crippen molar-refractivity contribution in [2.45, 2.75) is 25.8 Å². The lowest BCUT2D eigenvalue weighted by Gasteiger charge is -2.08. The number of nitrogens with one attached hydrogen (secondary N) is 1.